The lowest BCUT2D eigenvalue weighted by molar-refractivity contribution is -0.137. The SMILES string of the molecule is C=C(C)[C@H]1CC=C(CO)CC1.CCCCCCC(C)(C)c1cc(OC)cc(OO)c1. The van der Waals surface area contributed by atoms with Crippen LogP contribution < -0.4 is 9.62 Å². The molecule has 1 aliphatic rings. The minimum atomic E-state index is 0.0512. The number of unbranched alkanes of at least 4 members (excludes halogenated alkanes) is 3. The Bertz CT molecular complexity index is 653. The van der Waals surface area contributed by atoms with Crippen molar-refractivity contribution in [1.29, 1.82) is 0 Å². The zero-order valence-electron chi connectivity index (χ0n) is 19.7. The molecule has 0 spiro atoms. The van der Waals surface area contributed by atoms with Crippen LogP contribution in [0.5, 0.6) is 11.5 Å². The third-order valence-electron chi connectivity index (χ3n) is 6.06. The summed E-state index contributed by atoms with van der Waals surface area (Å²) in [6, 6.07) is 5.57. The van der Waals surface area contributed by atoms with Crippen LogP contribution in [-0.2, 0) is 5.41 Å². The van der Waals surface area contributed by atoms with E-state index in [1.165, 1.54) is 43.3 Å². The number of ether oxygens (including phenoxy) is 1. The second kappa shape index (κ2) is 13.5. The van der Waals surface area contributed by atoms with Crippen LogP contribution in [0.2, 0.25) is 0 Å². The van der Waals surface area contributed by atoms with Crippen molar-refractivity contribution < 1.29 is 20.0 Å². The minimum Gasteiger partial charge on any atom is -0.497 e. The van der Waals surface area contributed by atoms with Gasteiger partial charge in [-0.15, -0.1) is 0 Å². The van der Waals surface area contributed by atoms with Gasteiger partial charge in [-0.3, -0.25) is 0 Å². The van der Waals surface area contributed by atoms with Crippen molar-refractivity contribution in [3.8, 4) is 11.5 Å². The molecule has 4 nitrogen and oxygen atoms in total. The van der Waals surface area contributed by atoms with Crippen molar-refractivity contribution in [2.45, 2.75) is 84.5 Å². The summed E-state index contributed by atoms with van der Waals surface area (Å²) in [6.45, 7) is 12.9. The van der Waals surface area contributed by atoms with E-state index in [2.05, 4.69) is 45.2 Å². The van der Waals surface area contributed by atoms with Gasteiger partial charge in [0.05, 0.1) is 13.7 Å². The number of aliphatic hydroxyl groups excluding tert-OH is 1. The van der Waals surface area contributed by atoms with Crippen LogP contribution in [0.25, 0.3) is 0 Å². The van der Waals surface area contributed by atoms with E-state index in [4.69, 9.17) is 15.1 Å². The number of methoxy groups -OCH3 is 1. The fraction of sp³-hybridized carbons (Fsp3) is 0.615. The van der Waals surface area contributed by atoms with Gasteiger partial charge in [-0.25, -0.2) is 5.26 Å². The Balaban J connectivity index is 0.000000346. The highest BCUT2D eigenvalue weighted by Gasteiger charge is 2.22. The smallest absolute Gasteiger partial charge is 0.169 e. The second-order valence-electron chi connectivity index (χ2n) is 9.02. The highest BCUT2D eigenvalue weighted by atomic mass is 17.1. The lowest BCUT2D eigenvalue weighted by Crippen LogP contribution is -2.17. The Morgan fingerprint density at radius 2 is 1.87 bits per heavy atom. The minimum absolute atomic E-state index is 0.0512. The summed E-state index contributed by atoms with van der Waals surface area (Å²) in [7, 11) is 1.62. The molecule has 0 fully saturated rings. The Morgan fingerprint density at radius 1 is 1.17 bits per heavy atom. The van der Waals surface area contributed by atoms with Gasteiger partial charge in [0.2, 0.25) is 0 Å². The van der Waals surface area contributed by atoms with Crippen LogP contribution in [0.1, 0.15) is 84.6 Å². The van der Waals surface area contributed by atoms with E-state index in [0.717, 1.165) is 24.8 Å². The molecule has 1 aromatic rings. The Labute approximate surface area is 183 Å². The first-order chi connectivity index (χ1) is 14.3. The quantitative estimate of drug-likeness (QED) is 0.184. The van der Waals surface area contributed by atoms with Gasteiger partial charge in [0, 0.05) is 6.07 Å². The van der Waals surface area contributed by atoms with Gasteiger partial charge in [0.15, 0.2) is 5.75 Å². The van der Waals surface area contributed by atoms with E-state index < -0.39 is 0 Å². The van der Waals surface area contributed by atoms with Crippen molar-refractivity contribution in [3.05, 3.63) is 47.6 Å². The average Bonchev–Trinajstić information content (AvgIpc) is 2.76. The summed E-state index contributed by atoms with van der Waals surface area (Å²) in [5.41, 5.74) is 3.66. The first kappa shape index (κ1) is 26.3. The summed E-state index contributed by atoms with van der Waals surface area (Å²) < 4.78 is 5.24. The van der Waals surface area contributed by atoms with Crippen LogP contribution in [0.15, 0.2) is 42.0 Å². The van der Waals surface area contributed by atoms with Crippen molar-refractivity contribution in [3.63, 3.8) is 0 Å². The maximum Gasteiger partial charge on any atom is 0.169 e. The molecule has 4 heteroatoms. The standard InChI is InChI=1S/C16H26O3.C10H16O/c1-5-6-7-8-9-16(2,3)13-10-14(18-4)12-15(11-13)19-17;1-8(2)10-5-3-9(7-11)4-6-10/h10-12,17H,5-9H2,1-4H3;3,10-11H,1,4-7H2,2H3/t;10-/m.0/s1. The Kier molecular flexibility index (Phi) is 11.8. The maximum atomic E-state index is 8.84. The molecule has 2 N–H and O–H groups in total. The Morgan fingerprint density at radius 3 is 2.37 bits per heavy atom. The topological polar surface area (TPSA) is 58.9 Å². The summed E-state index contributed by atoms with van der Waals surface area (Å²) >= 11 is 0. The molecule has 0 saturated carbocycles. The van der Waals surface area contributed by atoms with Crippen LogP contribution >= 0.6 is 0 Å². The van der Waals surface area contributed by atoms with E-state index in [1.54, 1.807) is 13.2 Å². The van der Waals surface area contributed by atoms with Gasteiger partial charge in [0.25, 0.3) is 0 Å². The molecule has 2 rings (SSSR count). The Hall–Kier alpha value is -1.78. The third kappa shape index (κ3) is 8.93. The molecule has 170 valence electrons. The lowest BCUT2D eigenvalue weighted by Gasteiger charge is -2.26. The monoisotopic (exact) mass is 418 g/mol. The van der Waals surface area contributed by atoms with Crippen molar-refractivity contribution in [1.82, 2.24) is 0 Å². The van der Waals surface area contributed by atoms with Gasteiger partial charge < -0.3 is 14.7 Å². The number of aliphatic hydroxyl groups is 1. The molecule has 1 aliphatic carbocycles. The largest absolute Gasteiger partial charge is 0.497 e. The van der Waals surface area contributed by atoms with E-state index in [-0.39, 0.29) is 12.0 Å². The highest BCUT2D eigenvalue weighted by molar-refractivity contribution is 5.41. The molecule has 0 saturated heterocycles. The summed E-state index contributed by atoms with van der Waals surface area (Å²) in [6.07, 6.45) is 11.6. The van der Waals surface area contributed by atoms with E-state index >= 15 is 0 Å². The molecular formula is C26H42O4. The molecule has 0 amide bonds. The summed E-state index contributed by atoms with van der Waals surface area (Å²) in [4.78, 5) is 4.36. The van der Waals surface area contributed by atoms with E-state index in [1.807, 2.05) is 12.1 Å². The average molecular weight is 419 g/mol. The molecule has 0 radical (unpaired) electrons. The van der Waals surface area contributed by atoms with Crippen molar-refractivity contribution >= 4 is 0 Å². The maximum absolute atomic E-state index is 8.84. The van der Waals surface area contributed by atoms with E-state index in [9.17, 15) is 0 Å². The molecule has 0 bridgehead atoms. The number of hydrogen-bond acceptors (Lipinski definition) is 4. The molecule has 1 atom stereocenters. The highest BCUT2D eigenvalue weighted by Crippen LogP contribution is 2.34. The first-order valence-electron chi connectivity index (χ1n) is 11.2. The van der Waals surface area contributed by atoms with E-state index in [0.29, 0.717) is 17.4 Å². The molecule has 0 unspecified atom stereocenters. The molecule has 0 aliphatic heterocycles. The lowest BCUT2D eigenvalue weighted by atomic mass is 9.80. The summed E-state index contributed by atoms with van der Waals surface area (Å²) in [5, 5.41) is 17.7. The zero-order chi connectivity index (χ0) is 22.6. The van der Waals surface area contributed by atoms with Crippen molar-refractivity contribution in [2.24, 2.45) is 5.92 Å². The first-order valence-corrected chi connectivity index (χ1v) is 11.2. The van der Waals surface area contributed by atoms with Gasteiger partial charge in [0.1, 0.15) is 5.75 Å². The fourth-order valence-electron chi connectivity index (χ4n) is 3.75. The van der Waals surface area contributed by atoms with Gasteiger partial charge in [-0.1, -0.05) is 64.7 Å². The predicted molar refractivity (Wildman–Crippen MR) is 125 cm³/mol. The molecular weight excluding hydrogens is 376 g/mol. The van der Waals surface area contributed by atoms with Gasteiger partial charge in [-0.2, -0.15) is 0 Å². The second-order valence-corrected chi connectivity index (χ2v) is 9.02. The number of hydrogen-bond donors (Lipinski definition) is 2. The number of benzene rings is 1. The van der Waals surface area contributed by atoms with Crippen LogP contribution in [0.3, 0.4) is 0 Å². The molecule has 0 heterocycles. The zero-order valence-corrected chi connectivity index (χ0v) is 19.7. The van der Waals surface area contributed by atoms with Crippen molar-refractivity contribution in [2.75, 3.05) is 13.7 Å². The number of allylic oxidation sites excluding steroid dienone is 2. The third-order valence-corrected chi connectivity index (χ3v) is 6.06. The van der Waals surface area contributed by atoms with Crippen LogP contribution in [0.4, 0.5) is 0 Å². The summed E-state index contributed by atoms with van der Waals surface area (Å²) in [5.74, 6) is 1.80. The normalized spacial score (nSPS) is 16.2. The number of rotatable bonds is 10. The van der Waals surface area contributed by atoms with Gasteiger partial charge >= 0.3 is 0 Å². The predicted octanol–water partition coefficient (Wildman–Crippen LogP) is 7.08. The van der Waals surface area contributed by atoms with Crippen LogP contribution in [0, 0.1) is 5.92 Å². The molecule has 30 heavy (non-hydrogen) atoms. The van der Waals surface area contributed by atoms with Gasteiger partial charge in [-0.05, 0) is 67.2 Å². The molecule has 1 aromatic carbocycles. The molecule has 0 aromatic heterocycles. The van der Waals surface area contributed by atoms with Crippen LogP contribution in [-0.4, -0.2) is 24.1 Å². The fourth-order valence-corrected chi connectivity index (χ4v) is 3.75.